The van der Waals surface area contributed by atoms with Crippen LogP contribution in [-0.4, -0.2) is 30.9 Å². The molecule has 3 heteroatoms. The zero-order valence-electron chi connectivity index (χ0n) is 11.7. The molecule has 0 N–H and O–H groups in total. The number of carbonyl (C=O) groups is 1. The van der Waals surface area contributed by atoms with Crippen molar-refractivity contribution in [1.29, 1.82) is 0 Å². The monoisotopic (exact) mass is 259 g/mol. The van der Waals surface area contributed by atoms with E-state index in [4.69, 9.17) is 4.74 Å². The van der Waals surface area contributed by atoms with Gasteiger partial charge in [-0.05, 0) is 50.5 Å². The Morgan fingerprint density at radius 2 is 1.79 bits per heavy atom. The summed E-state index contributed by atoms with van der Waals surface area (Å²) in [6.07, 6.45) is 5.49. The number of allylic oxidation sites excluding steroid dienone is 2. The molecule has 0 aromatic heterocycles. The summed E-state index contributed by atoms with van der Waals surface area (Å²) in [6.45, 7) is 4.16. The third-order valence-corrected chi connectivity index (χ3v) is 3.57. The molecular weight excluding hydrogens is 238 g/mol. The Labute approximate surface area is 114 Å². The van der Waals surface area contributed by atoms with Crippen LogP contribution in [0.1, 0.15) is 36.5 Å². The van der Waals surface area contributed by atoms with E-state index < -0.39 is 0 Å². The molecule has 1 fully saturated rings. The third-order valence-electron chi connectivity index (χ3n) is 3.57. The predicted octanol–water partition coefficient (Wildman–Crippen LogP) is 3.27. The topological polar surface area (TPSA) is 29.5 Å². The molecular formula is C16H21NO2. The van der Waals surface area contributed by atoms with Gasteiger partial charge in [0.2, 0.25) is 0 Å². The second-order valence-electron chi connectivity index (χ2n) is 4.93. The molecule has 1 aliphatic heterocycles. The van der Waals surface area contributed by atoms with E-state index in [1.54, 1.807) is 25.3 Å². The van der Waals surface area contributed by atoms with Gasteiger partial charge in [-0.1, -0.05) is 0 Å². The first-order valence-corrected chi connectivity index (χ1v) is 6.82. The van der Waals surface area contributed by atoms with E-state index in [9.17, 15) is 4.79 Å². The zero-order valence-corrected chi connectivity index (χ0v) is 11.7. The second kappa shape index (κ2) is 6.41. The molecule has 0 bridgehead atoms. The highest BCUT2D eigenvalue weighted by Gasteiger charge is 2.11. The maximum Gasteiger partial charge on any atom is 0.187 e. The van der Waals surface area contributed by atoms with Crippen molar-refractivity contribution in [2.24, 2.45) is 0 Å². The van der Waals surface area contributed by atoms with E-state index in [0.29, 0.717) is 5.56 Å². The number of rotatable bonds is 4. The van der Waals surface area contributed by atoms with Crippen molar-refractivity contribution in [3.8, 4) is 5.75 Å². The van der Waals surface area contributed by atoms with Crippen LogP contribution < -0.4 is 4.74 Å². The van der Waals surface area contributed by atoms with Crippen LogP contribution in [0.25, 0.3) is 0 Å². The Balaban J connectivity index is 2.05. The van der Waals surface area contributed by atoms with Gasteiger partial charge in [-0.15, -0.1) is 0 Å². The van der Waals surface area contributed by atoms with Gasteiger partial charge in [-0.3, -0.25) is 4.79 Å². The van der Waals surface area contributed by atoms with Crippen LogP contribution in [0.2, 0.25) is 0 Å². The van der Waals surface area contributed by atoms with Crippen LogP contribution >= 0.6 is 0 Å². The number of methoxy groups -OCH3 is 1. The predicted molar refractivity (Wildman–Crippen MR) is 76.5 cm³/mol. The molecule has 0 saturated carbocycles. The normalized spacial score (nSPS) is 16.3. The van der Waals surface area contributed by atoms with Crippen LogP contribution in [-0.2, 0) is 0 Å². The number of carbonyl (C=O) groups excluding carboxylic acids is 1. The summed E-state index contributed by atoms with van der Waals surface area (Å²) in [5.41, 5.74) is 1.78. The van der Waals surface area contributed by atoms with E-state index in [1.165, 1.54) is 19.3 Å². The molecule has 0 spiro atoms. The molecule has 0 atom stereocenters. The van der Waals surface area contributed by atoms with Crippen molar-refractivity contribution >= 4 is 5.78 Å². The highest BCUT2D eigenvalue weighted by Crippen LogP contribution is 2.16. The van der Waals surface area contributed by atoms with Crippen molar-refractivity contribution in [3.05, 3.63) is 41.6 Å². The minimum absolute atomic E-state index is 0.0609. The van der Waals surface area contributed by atoms with Gasteiger partial charge in [0.15, 0.2) is 5.78 Å². The number of likely N-dealkylation sites (tertiary alicyclic amines) is 1. The molecule has 0 aliphatic carbocycles. The molecule has 0 radical (unpaired) electrons. The molecule has 1 saturated heterocycles. The van der Waals surface area contributed by atoms with Crippen LogP contribution in [0.15, 0.2) is 36.0 Å². The molecule has 1 aromatic rings. The van der Waals surface area contributed by atoms with Crippen molar-refractivity contribution in [3.63, 3.8) is 0 Å². The van der Waals surface area contributed by atoms with E-state index >= 15 is 0 Å². The Hall–Kier alpha value is -1.77. The Bertz CT molecular complexity index is 456. The second-order valence-corrected chi connectivity index (χ2v) is 4.93. The minimum Gasteiger partial charge on any atom is -0.497 e. The van der Waals surface area contributed by atoms with Crippen LogP contribution in [0.5, 0.6) is 5.75 Å². The number of nitrogens with zero attached hydrogens (tertiary/aromatic N) is 1. The van der Waals surface area contributed by atoms with Gasteiger partial charge in [0, 0.05) is 30.4 Å². The summed E-state index contributed by atoms with van der Waals surface area (Å²) < 4.78 is 5.09. The fraction of sp³-hybridized carbons (Fsp3) is 0.438. The van der Waals surface area contributed by atoms with Gasteiger partial charge in [0.25, 0.3) is 0 Å². The molecule has 0 amide bonds. The quantitative estimate of drug-likeness (QED) is 0.614. The van der Waals surface area contributed by atoms with E-state index in [2.05, 4.69) is 4.90 Å². The number of piperidine rings is 1. The van der Waals surface area contributed by atoms with Gasteiger partial charge in [0.1, 0.15) is 5.75 Å². The lowest BCUT2D eigenvalue weighted by Crippen LogP contribution is -2.28. The van der Waals surface area contributed by atoms with Gasteiger partial charge >= 0.3 is 0 Å². The maximum atomic E-state index is 12.2. The average Bonchev–Trinajstić information content (AvgIpc) is 2.48. The van der Waals surface area contributed by atoms with E-state index in [-0.39, 0.29) is 5.78 Å². The van der Waals surface area contributed by atoms with E-state index in [0.717, 1.165) is 24.5 Å². The zero-order chi connectivity index (χ0) is 13.7. The number of benzene rings is 1. The number of ether oxygens (including phenoxy) is 1. The molecule has 102 valence electrons. The first-order valence-electron chi connectivity index (χ1n) is 6.82. The van der Waals surface area contributed by atoms with Crippen LogP contribution in [0.4, 0.5) is 0 Å². The lowest BCUT2D eigenvalue weighted by molar-refractivity contribution is 0.104. The molecule has 1 aromatic carbocycles. The molecule has 1 aliphatic rings. The lowest BCUT2D eigenvalue weighted by atomic mass is 10.1. The van der Waals surface area contributed by atoms with Crippen molar-refractivity contribution in [1.82, 2.24) is 4.90 Å². The fourth-order valence-electron chi connectivity index (χ4n) is 2.37. The van der Waals surface area contributed by atoms with Crippen LogP contribution in [0, 0.1) is 0 Å². The average molecular weight is 259 g/mol. The van der Waals surface area contributed by atoms with Gasteiger partial charge in [-0.25, -0.2) is 0 Å². The molecule has 1 heterocycles. The number of ketones is 1. The number of hydrogen-bond donors (Lipinski definition) is 0. The van der Waals surface area contributed by atoms with Crippen molar-refractivity contribution < 1.29 is 9.53 Å². The summed E-state index contributed by atoms with van der Waals surface area (Å²) in [7, 11) is 1.62. The third kappa shape index (κ3) is 3.60. The molecule has 2 rings (SSSR count). The van der Waals surface area contributed by atoms with Gasteiger partial charge in [0.05, 0.1) is 7.11 Å². The molecule has 0 unspecified atom stereocenters. The first kappa shape index (κ1) is 13.7. The van der Waals surface area contributed by atoms with Crippen molar-refractivity contribution in [2.45, 2.75) is 26.2 Å². The first-order chi connectivity index (χ1) is 9.20. The smallest absolute Gasteiger partial charge is 0.187 e. The summed E-state index contributed by atoms with van der Waals surface area (Å²) in [5, 5.41) is 0. The Morgan fingerprint density at radius 3 is 2.37 bits per heavy atom. The Morgan fingerprint density at radius 1 is 1.16 bits per heavy atom. The Kier molecular flexibility index (Phi) is 4.61. The van der Waals surface area contributed by atoms with Crippen molar-refractivity contribution in [2.75, 3.05) is 20.2 Å². The lowest BCUT2D eigenvalue weighted by Gasteiger charge is -2.29. The minimum atomic E-state index is 0.0609. The summed E-state index contributed by atoms with van der Waals surface area (Å²) >= 11 is 0. The highest BCUT2D eigenvalue weighted by atomic mass is 16.5. The molecule has 3 nitrogen and oxygen atoms in total. The maximum absolute atomic E-state index is 12.2. The van der Waals surface area contributed by atoms with E-state index in [1.807, 2.05) is 19.1 Å². The SMILES string of the molecule is COc1ccc(C(=O)C=C(C)N2CCCCC2)cc1. The number of hydrogen-bond acceptors (Lipinski definition) is 3. The summed E-state index contributed by atoms with van der Waals surface area (Å²) in [6, 6.07) is 7.25. The summed E-state index contributed by atoms with van der Waals surface area (Å²) in [4.78, 5) is 14.5. The summed E-state index contributed by atoms with van der Waals surface area (Å²) in [5.74, 6) is 0.832. The highest BCUT2D eigenvalue weighted by molar-refractivity contribution is 6.04. The largest absolute Gasteiger partial charge is 0.497 e. The standard InChI is InChI=1S/C16H21NO2/c1-13(17-10-4-3-5-11-17)12-16(18)14-6-8-15(19-2)9-7-14/h6-9,12H,3-5,10-11H2,1-2H3. The van der Waals surface area contributed by atoms with Crippen LogP contribution in [0.3, 0.4) is 0 Å². The fourth-order valence-corrected chi connectivity index (χ4v) is 2.37. The molecule has 19 heavy (non-hydrogen) atoms. The van der Waals surface area contributed by atoms with Gasteiger partial charge < -0.3 is 9.64 Å². The van der Waals surface area contributed by atoms with Gasteiger partial charge in [-0.2, -0.15) is 0 Å².